The van der Waals surface area contributed by atoms with Crippen molar-refractivity contribution in [2.45, 2.75) is 23.8 Å². The molecule has 1 aromatic carbocycles. The molecule has 6 nitrogen and oxygen atoms in total. The lowest BCUT2D eigenvalue weighted by molar-refractivity contribution is -0.126. The van der Waals surface area contributed by atoms with E-state index in [0.717, 1.165) is 4.88 Å². The summed E-state index contributed by atoms with van der Waals surface area (Å²) in [6, 6.07) is 10.0. The Bertz CT molecular complexity index is 882. The molecule has 1 N–H and O–H groups in total. The third kappa shape index (κ3) is 5.18. The number of piperidine rings is 1. The third-order valence-electron chi connectivity index (χ3n) is 4.43. The summed E-state index contributed by atoms with van der Waals surface area (Å²) in [6.45, 7) is 1.06. The van der Waals surface area contributed by atoms with Crippen LogP contribution in [0.1, 0.15) is 17.7 Å². The van der Waals surface area contributed by atoms with Gasteiger partial charge in [-0.05, 0) is 54.6 Å². The predicted molar refractivity (Wildman–Crippen MR) is 106 cm³/mol. The average molecular weight is 407 g/mol. The molecule has 1 aromatic heterocycles. The zero-order chi connectivity index (χ0) is 19.3. The van der Waals surface area contributed by atoms with Gasteiger partial charge in [0.15, 0.2) is 0 Å². The molecule has 144 valence electrons. The first-order chi connectivity index (χ1) is 13.0. The first-order valence-corrected chi connectivity index (χ1v) is 11.0. The van der Waals surface area contributed by atoms with Gasteiger partial charge in [-0.1, -0.05) is 6.07 Å². The molecule has 0 saturated carbocycles. The molecule has 1 saturated heterocycles. The maximum Gasteiger partial charge on any atom is 0.246 e. The first kappa shape index (κ1) is 19.6. The normalized spacial score (nSPS) is 16.0. The van der Waals surface area contributed by atoms with Gasteiger partial charge in [0.1, 0.15) is 5.75 Å². The summed E-state index contributed by atoms with van der Waals surface area (Å²) in [5.41, 5.74) is 0. The summed E-state index contributed by atoms with van der Waals surface area (Å²) >= 11 is 1.58. The maximum absolute atomic E-state index is 12.5. The third-order valence-corrected chi connectivity index (χ3v) is 6.81. The summed E-state index contributed by atoms with van der Waals surface area (Å²) in [5, 5.41) is 1.96. The summed E-state index contributed by atoms with van der Waals surface area (Å²) in [6.07, 6.45) is 4.57. The van der Waals surface area contributed by atoms with Gasteiger partial charge in [-0.15, -0.1) is 11.3 Å². The van der Waals surface area contributed by atoms with Crippen LogP contribution in [-0.4, -0.2) is 45.5 Å². The predicted octanol–water partition coefficient (Wildman–Crippen LogP) is 2.74. The van der Waals surface area contributed by atoms with Crippen LogP contribution in [0.15, 0.2) is 52.7 Å². The topological polar surface area (TPSA) is 75.7 Å². The fourth-order valence-electron chi connectivity index (χ4n) is 2.90. The van der Waals surface area contributed by atoms with Crippen LogP contribution < -0.4 is 9.46 Å². The van der Waals surface area contributed by atoms with Crippen LogP contribution >= 0.6 is 11.3 Å². The van der Waals surface area contributed by atoms with E-state index in [2.05, 4.69) is 4.72 Å². The van der Waals surface area contributed by atoms with E-state index in [1.165, 1.54) is 19.2 Å². The van der Waals surface area contributed by atoms with E-state index in [-0.39, 0.29) is 16.8 Å². The molecule has 0 aliphatic carbocycles. The van der Waals surface area contributed by atoms with Crippen molar-refractivity contribution in [3.05, 3.63) is 52.7 Å². The lowest BCUT2D eigenvalue weighted by Gasteiger charge is -2.31. The minimum absolute atomic E-state index is 0.0418. The van der Waals surface area contributed by atoms with Crippen LogP contribution in [0.3, 0.4) is 0 Å². The van der Waals surface area contributed by atoms with E-state index in [1.54, 1.807) is 34.4 Å². The summed E-state index contributed by atoms with van der Waals surface area (Å²) in [4.78, 5) is 15.3. The highest BCUT2D eigenvalue weighted by Crippen LogP contribution is 2.18. The number of methoxy groups -OCH3 is 1. The second-order valence-corrected chi connectivity index (χ2v) is 8.94. The quantitative estimate of drug-likeness (QED) is 0.749. The number of nitrogens with one attached hydrogen (secondary N) is 1. The van der Waals surface area contributed by atoms with Crippen molar-refractivity contribution in [1.82, 2.24) is 9.62 Å². The molecule has 0 unspecified atom stereocenters. The number of hydrogen-bond acceptors (Lipinski definition) is 5. The van der Waals surface area contributed by atoms with Gasteiger partial charge < -0.3 is 9.64 Å². The van der Waals surface area contributed by atoms with Gasteiger partial charge in [-0.2, -0.15) is 0 Å². The molecule has 8 heteroatoms. The summed E-state index contributed by atoms with van der Waals surface area (Å²) in [5.74, 6) is 0.566. The second kappa shape index (κ2) is 8.69. The second-order valence-electron chi connectivity index (χ2n) is 6.25. The van der Waals surface area contributed by atoms with Crippen molar-refractivity contribution < 1.29 is 17.9 Å². The van der Waals surface area contributed by atoms with E-state index in [4.69, 9.17) is 4.74 Å². The molecule has 1 aliphatic rings. The van der Waals surface area contributed by atoms with Crippen LogP contribution in [0.2, 0.25) is 0 Å². The van der Waals surface area contributed by atoms with Crippen molar-refractivity contribution in [3.8, 4) is 5.75 Å². The van der Waals surface area contributed by atoms with Crippen molar-refractivity contribution >= 4 is 33.3 Å². The number of amides is 1. The molecule has 1 aliphatic heterocycles. The van der Waals surface area contributed by atoms with Crippen LogP contribution in [0.4, 0.5) is 0 Å². The summed E-state index contributed by atoms with van der Waals surface area (Å²) in [7, 11) is -2.05. The average Bonchev–Trinajstić information content (AvgIpc) is 3.20. The number of carbonyl (C=O) groups excluding carboxylic acids is 1. The van der Waals surface area contributed by atoms with E-state index in [9.17, 15) is 13.2 Å². The number of thiophene rings is 1. The Labute approximate surface area is 163 Å². The Hall–Kier alpha value is -2.16. The minimum Gasteiger partial charge on any atom is -0.497 e. The van der Waals surface area contributed by atoms with Crippen molar-refractivity contribution in [2.24, 2.45) is 0 Å². The molecule has 1 fully saturated rings. The Morgan fingerprint density at radius 1 is 1.22 bits per heavy atom. The number of rotatable bonds is 6. The zero-order valence-electron chi connectivity index (χ0n) is 15.0. The largest absolute Gasteiger partial charge is 0.497 e. The van der Waals surface area contributed by atoms with Gasteiger partial charge in [0.05, 0.1) is 12.0 Å². The van der Waals surface area contributed by atoms with E-state index < -0.39 is 10.0 Å². The van der Waals surface area contributed by atoms with E-state index in [1.807, 2.05) is 23.6 Å². The number of ether oxygens (including phenoxy) is 1. The lowest BCUT2D eigenvalue weighted by atomic mass is 10.1. The van der Waals surface area contributed by atoms with Gasteiger partial charge >= 0.3 is 0 Å². The van der Waals surface area contributed by atoms with Crippen molar-refractivity contribution in [1.29, 1.82) is 0 Å². The molecular weight excluding hydrogens is 384 g/mol. The van der Waals surface area contributed by atoms with Crippen molar-refractivity contribution in [2.75, 3.05) is 20.2 Å². The Morgan fingerprint density at radius 3 is 2.52 bits per heavy atom. The number of sulfonamides is 1. The lowest BCUT2D eigenvalue weighted by Crippen LogP contribution is -2.46. The molecule has 0 bridgehead atoms. The molecule has 2 heterocycles. The minimum atomic E-state index is -3.58. The highest BCUT2D eigenvalue weighted by Gasteiger charge is 2.26. The SMILES string of the molecule is COc1ccc(S(=O)(=O)NC2CCN(C(=O)C=Cc3cccs3)CC2)cc1. The molecule has 27 heavy (non-hydrogen) atoms. The molecular formula is C19H22N2O4S2. The molecule has 0 radical (unpaired) electrons. The van der Waals surface area contributed by atoms with Crippen molar-refractivity contribution in [3.63, 3.8) is 0 Å². The van der Waals surface area contributed by atoms with Gasteiger partial charge in [0.2, 0.25) is 15.9 Å². The van der Waals surface area contributed by atoms with Gasteiger partial charge in [-0.3, -0.25) is 4.79 Å². The standard InChI is InChI=1S/C19H22N2O4S2/c1-25-16-4-7-18(8-5-16)27(23,24)20-15-10-12-21(13-11-15)19(22)9-6-17-3-2-14-26-17/h2-9,14-15,20H,10-13H2,1H3. The smallest absolute Gasteiger partial charge is 0.246 e. The monoisotopic (exact) mass is 406 g/mol. The van der Waals surface area contributed by atoms with E-state index in [0.29, 0.717) is 31.7 Å². The van der Waals surface area contributed by atoms with Crippen LogP contribution in [0, 0.1) is 0 Å². The molecule has 0 atom stereocenters. The number of hydrogen-bond donors (Lipinski definition) is 1. The summed E-state index contributed by atoms with van der Waals surface area (Å²) < 4.78 is 32.8. The Morgan fingerprint density at radius 2 is 1.93 bits per heavy atom. The molecule has 1 amide bonds. The van der Waals surface area contributed by atoms with E-state index >= 15 is 0 Å². The van der Waals surface area contributed by atoms with Crippen LogP contribution in [0.25, 0.3) is 6.08 Å². The van der Waals surface area contributed by atoms with Gasteiger partial charge in [-0.25, -0.2) is 13.1 Å². The zero-order valence-corrected chi connectivity index (χ0v) is 16.6. The highest BCUT2D eigenvalue weighted by molar-refractivity contribution is 7.89. The number of likely N-dealkylation sites (tertiary alicyclic amines) is 1. The first-order valence-electron chi connectivity index (χ1n) is 8.65. The van der Waals surface area contributed by atoms with Crippen LogP contribution in [-0.2, 0) is 14.8 Å². The fourth-order valence-corrected chi connectivity index (χ4v) is 4.83. The van der Waals surface area contributed by atoms with Gasteiger partial charge in [0, 0.05) is 30.1 Å². The van der Waals surface area contributed by atoms with Crippen LogP contribution in [0.5, 0.6) is 5.75 Å². The number of nitrogens with zero attached hydrogens (tertiary/aromatic N) is 1. The number of benzene rings is 1. The Balaban J connectivity index is 1.53. The highest BCUT2D eigenvalue weighted by atomic mass is 32.2. The fraction of sp³-hybridized carbons (Fsp3) is 0.316. The van der Waals surface area contributed by atoms with Gasteiger partial charge in [0.25, 0.3) is 0 Å². The number of carbonyl (C=O) groups is 1. The Kier molecular flexibility index (Phi) is 6.30. The molecule has 2 aromatic rings. The maximum atomic E-state index is 12.5. The molecule has 3 rings (SSSR count). The molecule has 0 spiro atoms.